The number of carbonyl (C=O) groups is 1. The van der Waals surface area contributed by atoms with E-state index in [1.54, 1.807) is 37.4 Å². The zero-order valence-electron chi connectivity index (χ0n) is 15.1. The summed E-state index contributed by atoms with van der Waals surface area (Å²) in [6.07, 6.45) is 0.0657. The number of aromatic hydroxyl groups is 1. The van der Waals surface area contributed by atoms with Crippen molar-refractivity contribution in [3.8, 4) is 17.2 Å². The smallest absolute Gasteiger partial charge is 0.230 e. The molecule has 3 rings (SSSR count). The number of amides is 1. The number of phenols is 1. The van der Waals surface area contributed by atoms with E-state index in [9.17, 15) is 9.90 Å². The van der Waals surface area contributed by atoms with Gasteiger partial charge in [0.05, 0.1) is 26.3 Å². The van der Waals surface area contributed by atoms with Crippen LogP contribution in [0.15, 0.2) is 42.5 Å². The molecule has 0 radical (unpaired) electrons. The molecule has 1 saturated heterocycles. The van der Waals surface area contributed by atoms with E-state index in [0.717, 1.165) is 5.56 Å². The Bertz CT molecular complexity index is 795. The number of hydrogen-bond donors (Lipinski definition) is 6. The molecule has 1 atom stereocenters. The zero-order chi connectivity index (χ0) is 19.2. The Kier molecular flexibility index (Phi) is 6.09. The maximum Gasteiger partial charge on any atom is 0.230 e. The van der Waals surface area contributed by atoms with E-state index in [4.69, 9.17) is 9.47 Å². The molecule has 1 aliphatic rings. The Labute approximate surface area is 157 Å². The molecule has 9 nitrogen and oxygen atoms in total. The molecule has 2 aromatic rings. The third-order valence-electron chi connectivity index (χ3n) is 4.29. The normalized spacial score (nSPS) is 15.3. The predicted octanol–water partition coefficient (Wildman–Crippen LogP) is 0.650. The minimum absolute atomic E-state index is 0.0547. The van der Waals surface area contributed by atoms with E-state index in [-0.39, 0.29) is 17.8 Å². The van der Waals surface area contributed by atoms with Crippen LogP contribution in [0, 0.1) is 5.92 Å². The fraction of sp³-hybridized carbons (Fsp3) is 0.278. The van der Waals surface area contributed by atoms with Gasteiger partial charge in [0.15, 0.2) is 11.5 Å². The van der Waals surface area contributed by atoms with Crippen molar-refractivity contribution in [2.75, 3.05) is 19.5 Å². The standard InChI is InChI=1S/C18H23N5O4/c1-26-13-5-3-4-12(10-13)19-18(25)14(17-20-22-23-21-17)8-11-6-7-15(24)16(9-11)27-2/h3-7,9-10,14,17,20-24H,8H2,1-2H3,(H,19,25). The highest BCUT2D eigenvalue weighted by atomic mass is 16.5. The summed E-state index contributed by atoms with van der Waals surface area (Å²) in [5, 5.41) is 12.7. The molecule has 0 bridgehead atoms. The fourth-order valence-corrected chi connectivity index (χ4v) is 2.87. The first-order valence-corrected chi connectivity index (χ1v) is 8.42. The number of ether oxygens (including phenoxy) is 2. The van der Waals surface area contributed by atoms with Crippen LogP contribution < -0.4 is 36.7 Å². The molecule has 1 amide bonds. The molecular formula is C18H23N5O4. The summed E-state index contributed by atoms with van der Waals surface area (Å²) in [5.41, 5.74) is 12.9. The van der Waals surface area contributed by atoms with Crippen LogP contribution in [0.3, 0.4) is 0 Å². The number of carbonyl (C=O) groups excluding carboxylic acids is 1. The van der Waals surface area contributed by atoms with Gasteiger partial charge in [0.1, 0.15) is 5.75 Å². The highest BCUT2D eigenvalue weighted by Gasteiger charge is 2.31. The lowest BCUT2D eigenvalue weighted by Gasteiger charge is -2.22. The van der Waals surface area contributed by atoms with Crippen molar-refractivity contribution in [3.63, 3.8) is 0 Å². The van der Waals surface area contributed by atoms with E-state index in [1.165, 1.54) is 7.11 Å². The van der Waals surface area contributed by atoms with Crippen molar-refractivity contribution < 1.29 is 19.4 Å². The molecule has 1 aliphatic heterocycles. The molecule has 2 aromatic carbocycles. The van der Waals surface area contributed by atoms with Gasteiger partial charge < -0.3 is 19.9 Å². The SMILES string of the molecule is COc1cccc(NC(=O)C(Cc2ccc(O)c(OC)c2)C2NNNN2)c1. The van der Waals surface area contributed by atoms with E-state index < -0.39 is 5.92 Å². The number of anilines is 1. The number of methoxy groups -OCH3 is 2. The number of hydrazine groups is 3. The van der Waals surface area contributed by atoms with Crippen LogP contribution in [0.25, 0.3) is 0 Å². The molecule has 1 fully saturated rings. The number of hydrogen-bond acceptors (Lipinski definition) is 8. The lowest BCUT2D eigenvalue weighted by molar-refractivity contribution is -0.120. The van der Waals surface area contributed by atoms with Gasteiger partial charge in [-0.15, -0.1) is 0 Å². The number of phenolic OH excluding ortho intramolecular Hbond substituents is 1. The first-order valence-electron chi connectivity index (χ1n) is 8.42. The van der Waals surface area contributed by atoms with E-state index in [0.29, 0.717) is 23.6 Å². The average molecular weight is 373 g/mol. The molecule has 9 heteroatoms. The summed E-state index contributed by atoms with van der Waals surface area (Å²) in [5.74, 6) is 0.439. The summed E-state index contributed by atoms with van der Waals surface area (Å²) < 4.78 is 10.3. The summed E-state index contributed by atoms with van der Waals surface area (Å²) >= 11 is 0. The first-order chi connectivity index (χ1) is 13.1. The fourth-order valence-electron chi connectivity index (χ4n) is 2.87. The van der Waals surface area contributed by atoms with Crippen molar-refractivity contribution in [2.45, 2.75) is 12.6 Å². The van der Waals surface area contributed by atoms with Crippen LogP contribution in [0.4, 0.5) is 5.69 Å². The Hall–Kier alpha value is -2.85. The van der Waals surface area contributed by atoms with E-state index in [1.807, 2.05) is 12.1 Å². The summed E-state index contributed by atoms with van der Waals surface area (Å²) in [4.78, 5) is 13.0. The number of rotatable bonds is 7. The molecule has 27 heavy (non-hydrogen) atoms. The monoisotopic (exact) mass is 373 g/mol. The molecule has 1 heterocycles. The second-order valence-electron chi connectivity index (χ2n) is 6.05. The van der Waals surface area contributed by atoms with Crippen LogP contribution in [-0.4, -0.2) is 31.4 Å². The van der Waals surface area contributed by atoms with Crippen LogP contribution in [0.1, 0.15) is 5.56 Å². The average Bonchev–Trinajstić information content (AvgIpc) is 3.21. The third-order valence-corrected chi connectivity index (χ3v) is 4.29. The van der Waals surface area contributed by atoms with Crippen LogP contribution in [-0.2, 0) is 11.2 Å². The highest BCUT2D eigenvalue weighted by molar-refractivity contribution is 5.93. The molecule has 0 saturated carbocycles. The Morgan fingerprint density at radius 3 is 2.63 bits per heavy atom. The van der Waals surface area contributed by atoms with Gasteiger partial charge in [0.2, 0.25) is 5.91 Å². The Morgan fingerprint density at radius 1 is 1.15 bits per heavy atom. The van der Waals surface area contributed by atoms with E-state index >= 15 is 0 Å². The predicted molar refractivity (Wildman–Crippen MR) is 99.8 cm³/mol. The molecule has 0 spiro atoms. The zero-order valence-corrected chi connectivity index (χ0v) is 15.1. The van der Waals surface area contributed by atoms with Crippen molar-refractivity contribution in [1.29, 1.82) is 0 Å². The van der Waals surface area contributed by atoms with Gasteiger partial charge in [-0.05, 0) is 36.2 Å². The molecule has 1 unspecified atom stereocenters. The van der Waals surface area contributed by atoms with Crippen molar-refractivity contribution >= 4 is 11.6 Å². The van der Waals surface area contributed by atoms with Crippen LogP contribution in [0.5, 0.6) is 17.2 Å². The molecule has 0 aliphatic carbocycles. The molecular weight excluding hydrogens is 350 g/mol. The highest BCUT2D eigenvalue weighted by Crippen LogP contribution is 2.28. The van der Waals surface area contributed by atoms with Crippen LogP contribution in [0.2, 0.25) is 0 Å². The van der Waals surface area contributed by atoms with Gasteiger partial charge in [0.25, 0.3) is 0 Å². The van der Waals surface area contributed by atoms with Crippen LogP contribution >= 0.6 is 0 Å². The minimum Gasteiger partial charge on any atom is -0.504 e. The molecule has 0 aromatic heterocycles. The van der Waals surface area contributed by atoms with Gasteiger partial charge in [0, 0.05) is 11.8 Å². The lowest BCUT2D eigenvalue weighted by Crippen LogP contribution is -2.47. The van der Waals surface area contributed by atoms with Gasteiger partial charge in [-0.1, -0.05) is 12.1 Å². The molecule has 144 valence electrons. The molecule has 6 N–H and O–H groups in total. The maximum absolute atomic E-state index is 13.0. The third kappa shape index (κ3) is 4.66. The second-order valence-corrected chi connectivity index (χ2v) is 6.05. The largest absolute Gasteiger partial charge is 0.504 e. The van der Waals surface area contributed by atoms with E-state index in [2.05, 4.69) is 27.2 Å². The topological polar surface area (TPSA) is 116 Å². The Balaban J connectivity index is 1.79. The number of nitrogens with one attached hydrogen (secondary N) is 5. The lowest BCUT2D eigenvalue weighted by atomic mass is 9.95. The van der Waals surface area contributed by atoms with Crippen molar-refractivity contribution in [1.82, 2.24) is 21.9 Å². The maximum atomic E-state index is 13.0. The summed E-state index contributed by atoms with van der Waals surface area (Å²) in [7, 11) is 3.06. The van der Waals surface area contributed by atoms with Gasteiger partial charge in [-0.25, -0.2) is 10.9 Å². The number of benzene rings is 2. The Morgan fingerprint density at radius 2 is 1.93 bits per heavy atom. The van der Waals surface area contributed by atoms with Gasteiger partial charge >= 0.3 is 0 Å². The minimum atomic E-state index is -0.465. The quantitative estimate of drug-likeness (QED) is 0.419. The van der Waals surface area contributed by atoms with Crippen molar-refractivity contribution in [3.05, 3.63) is 48.0 Å². The first kappa shape index (κ1) is 18.9. The second kappa shape index (κ2) is 8.69. The summed E-state index contributed by atoms with van der Waals surface area (Å²) in [6.45, 7) is 0. The van der Waals surface area contributed by atoms with Gasteiger partial charge in [-0.2, -0.15) is 11.1 Å². The van der Waals surface area contributed by atoms with Gasteiger partial charge in [-0.3, -0.25) is 4.79 Å². The summed E-state index contributed by atoms with van der Waals surface area (Å²) in [6, 6.07) is 12.2. The van der Waals surface area contributed by atoms with Crippen molar-refractivity contribution in [2.24, 2.45) is 5.92 Å².